The highest BCUT2D eigenvalue weighted by atomic mass is 16.5. The summed E-state index contributed by atoms with van der Waals surface area (Å²) in [4.78, 5) is 2.47. The van der Waals surface area contributed by atoms with Crippen LogP contribution in [0.1, 0.15) is 40.0 Å². The van der Waals surface area contributed by atoms with Gasteiger partial charge in [-0.1, -0.05) is 0 Å². The van der Waals surface area contributed by atoms with Gasteiger partial charge in [0.05, 0.1) is 11.7 Å². The fourth-order valence-electron chi connectivity index (χ4n) is 2.41. The Morgan fingerprint density at radius 3 is 2.78 bits per heavy atom. The molecule has 18 heavy (non-hydrogen) atoms. The van der Waals surface area contributed by atoms with E-state index in [0.29, 0.717) is 6.10 Å². The Morgan fingerprint density at radius 1 is 1.44 bits per heavy atom. The fourth-order valence-corrected chi connectivity index (χ4v) is 2.41. The van der Waals surface area contributed by atoms with E-state index in [2.05, 4.69) is 25.7 Å². The minimum Gasteiger partial charge on any atom is -0.377 e. The maximum atomic E-state index is 6.19. The molecule has 0 spiro atoms. The molecule has 108 valence electrons. The predicted molar refractivity (Wildman–Crippen MR) is 74.8 cm³/mol. The number of methoxy groups -OCH3 is 1. The van der Waals surface area contributed by atoms with Crippen molar-refractivity contribution in [1.29, 1.82) is 0 Å². The highest BCUT2D eigenvalue weighted by molar-refractivity contribution is 4.84. The van der Waals surface area contributed by atoms with E-state index in [-0.39, 0.29) is 11.6 Å². The molecule has 0 aromatic carbocycles. The third-order valence-corrected chi connectivity index (χ3v) is 4.04. The van der Waals surface area contributed by atoms with Crippen molar-refractivity contribution in [2.24, 2.45) is 5.73 Å². The average molecular weight is 258 g/mol. The van der Waals surface area contributed by atoms with Crippen LogP contribution in [0.25, 0.3) is 0 Å². The zero-order valence-electron chi connectivity index (χ0n) is 12.4. The van der Waals surface area contributed by atoms with E-state index >= 15 is 0 Å². The first-order valence-electron chi connectivity index (χ1n) is 7.14. The minimum atomic E-state index is -0.241. The van der Waals surface area contributed by atoms with Gasteiger partial charge in [-0.3, -0.25) is 0 Å². The number of hydrogen-bond acceptors (Lipinski definition) is 4. The van der Waals surface area contributed by atoms with Crippen LogP contribution in [-0.2, 0) is 9.47 Å². The van der Waals surface area contributed by atoms with Crippen LogP contribution in [-0.4, -0.2) is 56.0 Å². The topological polar surface area (TPSA) is 47.7 Å². The molecule has 1 aliphatic heterocycles. The summed E-state index contributed by atoms with van der Waals surface area (Å²) in [5, 5.41) is 0. The molecular formula is C14H30N2O2. The van der Waals surface area contributed by atoms with Gasteiger partial charge in [0.15, 0.2) is 0 Å². The van der Waals surface area contributed by atoms with Crippen LogP contribution < -0.4 is 5.73 Å². The second-order valence-corrected chi connectivity index (χ2v) is 5.72. The van der Waals surface area contributed by atoms with Gasteiger partial charge in [0.1, 0.15) is 0 Å². The van der Waals surface area contributed by atoms with Gasteiger partial charge in [0.2, 0.25) is 0 Å². The molecule has 0 saturated carbocycles. The summed E-state index contributed by atoms with van der Waals surface area (Å²) in [5.74, 6) is 0. The van der Waals surface area contributed by atoms with Gasteiger partial charge < -0.3 is 20.1 Å². The first-order chi connectivity index (χ1) is 8.49. The van der Waals surface area contributed by atoms with E-state index < -0.39 is 0 Å². The van der Waals surface area contributed by atoms with E-state index in [1.807, 2.05) is 0 Å². The average Bonchev–Trinajstić information content (AvgIpc) is 2.36. The Labute approximate surface area is 112 Å². The van der Waals surface area contributed by atoms with Crippen molar-refractivity contribution >= 4 is 0 Å². The predicted octanol–water partition coefficient (Wildman–Crippen LogP) is 1.63. The summed E-state index contributed by atoms with van der Waals surface area (Å²) in [6.07, 6.45) is 3.81. The third kappa shape index (κ3) is 4.84. The van der Waals surface area contributed by atoms with E-state index in [1.54, 1.807) is 7.11 Å². The van der Waals surface area contributed by atoms with Crippen molar-refractivity contribution in [3.05, 3.63) is 0 Å². The summed E-state index contributed by atoms with van der Waals surface area (Å²) in [6.45, 7) is 10.2. The summed E-state index contributed by atoms with van der Waals surface area (Å²) >= 11 is 0. The Hall–Kier alpha value is -0.160. The van der Waals surface area contributed by atoms with Gasteiger partial charge >= 0.3 is 0 Å². The lowest BCUT2D eigenvalue weighted by Gasteiger charge is -2.35. The van der Waals surface area contributed by atoms with Crippen molar-refractivity contribution in [1.82, 2.24) is 4.90 Å². The van der Waals surface area contributed by atoms with Crippen molar-refractivity contribution < 1.29 is 9.47 Å². The molecule has 0 aromatic rings. The summed E-state index contributed by atoms with van der Waals surface area (Å²) in [6, 6.07) is 0.0787. The largest absolute Gasteiger partial charge is 0.377 e. The van der Waals surface area contributed by atoms with Crippen LogP contribution in [0, 0.1) is 0 Å². The van der Waals surface area contributed by atoms with Gasteiger partial charge in [-0.15, -0.1) is 0 Å². The van der Waals surface area contributed by atoms with Crippen LogP contribution in [0.4, 0.5) is 0 Å². The Bertz CT molecular complexity index is 232. The minimum absolute atomic E-state index is 0.0787. The van der Waals surface area contributed by atoms with Crippen molar-refractivity contribution in [3.8, 4) is 0 Å². The number of piperidine rings is 1. The summed E-state index contributed by atoms with van der Waals surface area (Å²) < 4.78 is 11.1. The lowest BCUT2D eigenvalue weighted by atomic mass is 9.96. The molecule has 0 amide bonds. The summed E-state index contributed by atoms with van der Waals surface area (Å²) in [7, 11) is 1.73. The standard InChI is InChI=1S/C14H30N2O2/c1-5-18-12-7-6-9-16(11-12)10-8-13(15)14(2,3)17-4/h12-13H,5-11,15H2,1-4H3. The Kier molecular flexibility index (Phi) is 6.57. The molecule has 0 aromatic heterocycles. The second kappa shape index (κ2) is 7.43. The van der Waals surface area contributed by atoms with Crippen LogP contribution in [0.3, 0.4) is 0 Å². The molecule has 2 unspecified atom stereocenters. The van der Waals surface area contributed by atoms with Gasteiger partial charge in [0, 0.05) is 26.3 Å². The Morgan fingerprint density at radius 2 is 2.17 bits per heavy atom. The van der Waals surface area contributed by atoms with Crippen LogP contribution in [0.15, 0.2) is 0 Å². The van der Waals surface area contributed by atoms with Crippen LogP contribution in [0.5, 0.6) is 0 Å². The smallest absolute Gasteiger partial charge is 0.0773 e. The highest BCUT2D eigenvalue weighted by Crippen LogP contribution is 2.17. The summed E-state index contributed by atoms with van der Waals surface area (Å²) in [5.41, 5.74) is 5.95. The van der Waals surface area contributed by atoms with Crippen molar-refractivity contribution in [2.75, 3.05) is 33.4 Å². The van der Waals surface area contributed by atoms with Gasteiger partial charge in [-0.2, -0.15) is 0 Å². The SMILES string of the molecule is CCOC1CCCN(CCC(N)C(C)(C)OC)C1. The third-order valence-electron chi connectivity index (χ3n) is 4.04. The number of likely N-dealkylation sites (tertiary alicyclic amines) is 1. The van der Waals surface area contributed by atoms with Crippen LogP contribution in [0.2, 0.25) is 0 Å². The van der Waals surface area contributed by atoms with Crippen molar-refractivity contribution in [3.63, 3.8) is 0 Å². The molecule has 4 nitrogen and oxygen atoms in total. The highest BCUT2D eigenvalue weighted by Gasteiger charge is 2.27. The second-order valence-electron chi connectivity index (χ2n) is 5.72. The number of rotatable bonds is 7. The maximum Gasteiger partial charge on any atom is 0.0773 e. The molecule has 1 heterocycles. The zero-order chi connectivity index (χ0) is 13.6. The molecule has 1 fully saturated rings. The molecule has 4 heteroatoms. The van der Waals surface area contributed by atoms with Crippen molar-refractivity contribution in [2.45, 2.75) is 57.8 Å². The van der Waals surface area contributed by atoms with Gasteiger partial charge in [-0.25, -0.2) is 0 Å². The van der Waals surface area contributed by atoms with Gasteiger partial charge in [0.25, 0.3) is 0 Å². The Balaban J connectivity index is 2.30. The number of nitrogens with zero attached hydrogens (tertiary/aromatic N) is 1. The van der Waals surface area contributed by atoms with E-state index in [4.69, 9.17) is 15.2 Å². The maximum absolute atomic E-state index is 6.19. The molecule has 2 N–H and O–H groups in total. The molecule has 2 atom stereocenters. The molecule has 0 aliphatic carbocycles. The first kappa shape index (κ1) is 15.9. The number of ether oxygens (including phenoxy) is 2. The molecule has 1 rings (SSSR count). The van der Waals surface area contributed by atoms with E-state index in [9.17, 15) is 0 Å². The lowest BCUT2D eigenvalue weighted by Crippen LogP contribution is -2.48. The first-order valence-corrected chi connectivity index (χ1v) is 7.14. The van der Waals surface area contributed by atoms with E-state index in [1.165, 1.54) is 19.4 Å². The fraction of sp³-hybridized carbons (Fsp3) is 1.00. The zero-order valence-corrected chi connectivity index (χ0v) is 12.4. The monoisotopic (exact) mass is 258 g/mol. The number of nitrogens with two attached hydrogens (primary N) is 1. The normalized spacial score (nSPS) is 24.2. The molecule has 1 aliphatic rings. The van der Waals surface area contributed by atoms with E-state index in [0.717, 1.165) is 26.1 Å². The molecule has 0 bridgehead atoms. The van der Waals surface area contributed by atoms with Crippen LogP contribution >= 0.6 is 0 Å². The molecule has 1 saturated heterocycles. The van der Waals surface area contributed by atoms with Gasteiger partial charge in [-0.05, 0) is 53.1 Å². The lowest BCUT2D eigenvalue weighted by molar-refractivity contribution is -0.0133. The quantitative estimate of drug-likeness (QED) is 0.754. The molecular weight excluding hydrogens is 228 g/mol. The molecule has 0 radical (unpaired) electrons. The number of hydrogen-bond donors (Lipinski definition) is 1.